The molecule has 0 fully saturated rings. The van der Waals surface area contributed by atoms with Crippen molar-refractivity contribution in [2.45, 2.75) is 26.7 Å². The predicted molar refractivity (Wildman–Crippen MR) is 49.1 cm³/mol. The van der Waals surface area contributed by atoms with Gasteiger partial charge in [-0.3, -0.25) is 0 Å². The number of rotatable bonds is 2. The van der Waals surface area contributed by atoms with Gasteiger partial charge in [0.05, 0.1) is 7.11 Å². The number of hydrogen-bond donors (Lipinski definition) is 1. The molecule has 13 heavy (non-hydrogen) atoms. The van der Waals surface area contributed by atoms with Crippen LogP contribution in [0.2, 0.25) is 0 Å². The summed E-state index contributed by atoms with van der Waals surface area (Å²) in [6, 6.07) is 0. The molecule has 1 N–H and O–H groups in total. The first-order chi connectivity index (χ1) is 6.06. The molecule has 1 rings (SSSR count). The molecule has 0 radical (unpaired) electrons. The lowest BCUT2D eigenvalue weighted by Gasteiger charge is -2.09. The van der Waals surface area contributed by atoms with Crippen LogP contribution >= 0.6 is 0 Å². The Morgan fingerprint density at radius 3 is 2.38 bits per heavy atom. The van der Waals surface area contributed by atoms with Gasteiger partial charge in [0.25, 0.3) is 0 Å². The van der Waals surface area contributed by atoms with Gasteiger partial charge in [0, 0.05) is 5.92 Å². The first kappa shape index (κ1) is 9.77. The van der Waals surface area contributed by atoms with Crippen LogP contribution in [0, 0.1) is 6.92 Å². The van der Waals surface area contributed by atoms with Crippen LogP contribution in [0.5, 0.6) is 11.8 Å². The van der Waals surface area contributed by atoms with E-state index in [1.165, 1.54) is 7.11 Å². The Labute approximate surface area is 77.6 Å². The van der Waals surface area contributed by atoms with Crippen molar-refractivity contribution >= 4 is 0 Å². The second-order valence-corrected chi connectivity index (χ2v) is 3.18. The molecular formula is C9H14N2O2. The highest BCUT2D eigenvalue weighted by Crippen LogP contribution is 2.25. The molecule has 0 spiro atoms. The largest absolute Gasteiger partial charge is 0.492 e. The van der Waals surface area contributed by atoms with E-state index >= 15 is 0 Å². The summed E-state index contributed by atoms with van der Waals surface area (Å²) in [5.74, 6) is 0.608. The topological polar surface area (TPSA) is 55.2 Å². The van der Waals surface area contributed by atoms with Crippen molar-refractivity contribution < 1.29 is 9.84 Å². The van der Waals surface area contributed by atoms with Crippen LogP contribution in [0.4, 0.5) is 0 Å². The molecule has 0 aliphatic carbocycles. The van der Waals surface area contributed by atoms with Crippen LogP contribution in [0.1, 0.15) is 31.2 Å². The van der Waals surface area contributed by atoms with E-state index < -0.39 is 0 Å². The highest BCUT2D eigenvalue weighted by Gasteiger charge is 2.13. The van der Waals surface area contributed by atoms with Gasteiger partial charge in [0.1, 0.15) is 11.4 Å². The van der Waals surface area contributed by atoms with E-state index in [0.717, 1.165) is 0 Å². The quantitative estimate of drug-likeness (QED) is 0.755. The lowest BCUT2D eigenvalue weighted by molar-refractivity contribution is 0.376. The Hall–Kier alpha value is -1.32. The van der Waals surface area contributed by atoms with E-state index in [0.29, 0.717) is 17.3 Å². The van der Waals surface area contributed by atoms with Crippen LogP contribution < -0.4 is 4.74 Å². The van der Waals surface area contributed by atoms with Gasteiger partial charge >= 0.3 is 0 Å². The molecule has 0 aliphatic rings. The molecule has 0 saturated carbocycles. The van der Waals surface area contributed by atoms with Crippen molar-refractivity contribution in [3.63, 3.8) is 0 Å². The van der Waals surface area contributed by atoms with Gasteiger partial charge in [-0.25, -0.2) is 9.97 Å². The second-order valence-electron chi connectivity index (χ2n) is 3.18. The molecule has 0 saturated heterocycles. The predicted octanol–water partition coefficient (Wildman–Crippen LogP) is 1.62. The summed E-state index contributed by atoms with van der Waals surface area (Å²) in [4.78, 5) is 8.09. The lowest BCUT2D eigenvalue weighted by Crippen LogP contribution is -2.01. The first-order valence-electron chi connectivity index (χ1n) is 4.17. The van der Waals surface area contributed by atoms with Crippen molar-refractivity contribution in [1.82, 2.24) is 9.97 Å². The smallest absolute Gasteiger partial charge is 0.235 e. The minimum Gasteiger partial charge on any atom is -0.492 e. The summed E-state index contributed by atoms with van der Waals surface area (Å²) >= 11 is 0. The minimum atomic E-state index is -0.00620. The normalized spacial score (nSPS) is 10.5. The zero-order valence-corrected chi connectivity index (χ0v) is 8.33. The highest BCUT2D eigenvalue weighted by molar-refractivity contribution is 5.28. The summed E-state index contributed by atoms with van der Waals surface area (Å²) in [7, 11) is 1.54. The zero-order valence-electron chi connectivity index (χ0n) is 8.33. The van der Waals surface area contributed by atoms with Crippen molar-refractivity contribution in [2.24, 2.45) is 0 Å². The van der Waals surface area contributed by atoms with Gasteiger partial charge in [-0.15, -0.1) is 0 Å². The average Bonchev–Trinajstić information content (AvgIpc) is 2.03. The van der Waals surface area contributed by atoms with Crippen molar-refractivity contribution in [3.8, 4) is 11.8 Å². The molecule has 0 aromatic carbocycles. The number of aromatic nitrogens is 2. The first-order valence-corrected chi connectivity index (χ1v) is 4.17. The maximum absolute atomic E-state index is 9.45. The number of nitrogens with zero attached hydrogens (tertiary/aromatic N) is 2. The molecular weight excluding hydrogens is 168 g/mol. The Bertz CT molecular complexity index is 311. The summed E-state index contributed by atoms with van der Waals surface area (Å²) in [6.45, 7) is 5.63. The Morgan fingerprint density at radius 1 is 1.31 bits per heavy atom. The lowest BCUT2D eigenvalue weighted by atomic mass is 10.1. The molecule has 4 heteroatoms. The summed E-state index contributed by atoms with van der Waals surface area (Å²) in [5.41, 5.74) is 1.17. The molecule has 0 amide bonds. The van der Waals surface area contributed by atoms with Crippen LogP contribution in [-0.4, -0.2) is 22.2 Å². The molecule has 1 heterocycles. The van der Waals surface area contributed by atoms with Crippen LogP contribution in [0.15, 0.2) is 0 Å². The summed E-state index contributed by atoms with van der Waals surface area (Å²) in [6.07, 6.45) is 0. The highest BCUT2D eigenvalue weighted by atomic mass is 16.5. The molecule has 1 aromatic heterocycles. The molecule has 72 valence electrons. The SMILES string of the molecule is COc1nc(C(C)C)c(O)nc1C. The zero-order chi connectivity index (χ0) is 10.0. The van der Waals surface area contributed by atoms with E-state index in [1.54, 1.807) is 6.92 Å². The van der Waals surface area contributed by atoms with Crippen molar-refractivity contribution in [3.05, 3.63) is 11.4 Å². The molecule has 1 aromatic rings. The molecule has 4 nitrogen and oxygen atoms in total. The van der Waals surface area contributed by atoms with E-state index in [2.05, 4.69) is 9.97 Å². The van der Waals surface area contributed by atoms with Gasteiger partial charge in [-0.2, -0.15) is 0 Å². The summed E-state index contributed by atoms with van der Waals surface area (Å²) < 4.78 is 5.01. The third-order valence-electron chi connectivity index (χ3n) is 1.77. The Balaban J connectivity index is 3.22. The van der Waals surface area contributed by atoms with Crippen molar-refractivity contribution in [1.29, 1.82) is 0 Å². The van der Waals surface area contributed by atoms with Gasteiger partial charge in [-0.1, -0.05) is 13.8 Å². The van der Waals surface area contributed by atoms with Crippen LogP contribution in [0.25, 0.3) is 0 Å². The fourth-order valence-electron chi connectivity index (χ4n) is 1.08. The van der Waals surface area contributed by atoms with E-state index in [4.69, 9.17) is 4.74 Å². The van der Waals surface area contributed by atoms with Crippen LogP contribution in [-0.2, 0) is 0 Å². The van der Waals surface area contributed by atoms with E-state index in [9.17, 15) is 5.11 Å². The monoisotopic (exact) mass is 182 g/mol. The fraction of sp³-hybridized carbons (Fsp3) is 0.556. The number of methoxy groups -OCH3 is 1. The van der Waals surface area contributed by atoms with Gasteiger partial charge in [0.15, 0.2) is 0 Å². The third kappa shape index (κ3) is 1.88. The molecule has 0 unspecified atom stereocenters. The number of aryl methyl sites for hydroxylation is 1. The standard InChI is InChI=1S/C9H14N2O2/c1-5(2)7-8(12)10-6(3)9(11-7)13-4/h5H,1-4H3,(H,10,12). The minimum absolute atomic E-state index is 0.00620. The van der Waals surface area contributed by atoms with Crippen molar-refractivity contribution in [2.75, 3.05) is 7.11 Å². The fourth-order valence-corrected chi connectivity index (χ4v) is 1.08. The number of hydrogen-bond acceptors (Lipinski definition) is 4. The Kier molecular flexibility index (Phi) is 2.70. The summed E-state index contributed by atoms with van der Waals surface area (Å²) in [5, 5.41) is 9.45. The average molecular weight is 182 g/mol. The van der Waals surface area contributed by atoms with Gasteiger partial charge in [0.2, 0.25) is 11.8 Å². The van der Waals surface area contributed by atoms with E-state index in [1.807, 2.05) is 13.8 Å². The number of ether oxygens (including phenoxy) is 1. The molecule has 0 atom stereocenters. The molecule has 0 bridgehead atoms. The molecule has 0 aliphatic heterocycles. The van der Waals surface area contributed by atoms with Crippen LogP contribution in [0.3, 0.4) is 0 Å². The van der Waals surface area contributed by atoms with E-state index in [-0.39, 0.29) is 11.8 Å². The Morgan fingerprint density at radius 2 is 1.92 bits per heavy atom. The number of aromatic hydroxyl groups is 1. The maximum atomic E-state index is 9.45. The maximum Gasteiger partial charge on any atom is 0.235 e. The second kappa shape index (κ2) is 3.60. The third-order valence-corrected chi connectivity index (χ3v) is 1.77. The van der Waals surface area contributed by atoms with Gasteiger partial charge < -0.3 is 9.84 Å². The van der Waals surface area contributed by atoms with Gasteiger partial charge in [-0.05, 0) is 6.92 Å².